The standard InChI is InChI=1S/C20H20ClNO4S2/c1-2-11-22(12-14-13-25-16-8-4-5-9-17(16)26-14)28(23,24)20-19(21)15-7-3-6-10-18(15)27-20/h3-10,14H,2,11-13H2,1H3. The summed E-state index contributed by atoms with van der Waals surface area (Å²) in [6, 6.07) is 14.8. The molecule has 2 heterocycles. The van der Waals surface area contributed by atoms with Crippen LogP contribution in [0.1, 0.15) is 13.3 Å². The van der Waals surface area contributed by atoms with Gasteiger partial charge in [-0.15, -0.1) is 11.3 Å². The van der Waals surface area contributed by atoms with Gasteiger partial charge in [-0.3, -0.25) is 0 Å². The predicted octanol–water partition coefficient (Wildman–Crippen LogP) is 4.80. The zero-order valence-corrected chi connectivity index (χ0v) is 17.7. The van der Waals surface area contributed by atoms with E-state index in [-0.39, 0.29) is 21.9 Å². The van der Waals surface area contributed by atoms with Crippen molar-refractivity contribution in [2.45, 2.75) is 23.7 Å². The Morgan fingerprint density at radius 2 is 1.86 bits per heavy atom. The summed E-state index contributed by atoms with van der Waals surface area (Å²) in [5.41, 5.74) is 0. The fourth-order valence-corrected chi connectivity index (χ4v) is 7.03. The topological polar surface area (TPSA) is 55.8 Å². The molecule has 0 radical (unpaired) electrons. The van der Waals surface area contributed by atoms with Crippen LogP contribution in [-0.4, -0.2) is 38.5 Å². The first kappa shape index (κ1) is 19.5. The molecule has 148 valence electrons. The summed E-state index contributed by atoms with van der Waals surface area (Å²) in [6.45, 7) is 2.83. The lowest BCUT2D eigenvalue weighted by atomic mass is 10.2. The number of thiophene rings is 1. The molecular weight excluding hydrogens is 418 g/mol. The summed E-state index contributed by atoms with van der Waals surface area (Å²) in [5.74, 6) is 1.31. The highest BCUT2D eigenvalue weighted by molar-refractivity contribution is 7.91. The molecule has 1 aliphatic rings. The molecule has 1 aliphatic heterocycles. The summed E-state index contributed by atoms with van der Waals surface area (Å²) in [6.07, 6.45) is 0.302. The Bertz CT molecular complexity index is 1100. The average molecular weight is 438 g/mol. The molecule has 0 spiro atoms. The third-order valence-corrected chi connectivity index (χ3v) is 8.68. The van der Waals surface area contributed by atoms with E-state index in [0.29, 0.717) is 31.1 Å². The van der Waals surface area contributed by atoms with Crippen molar-refractivity contribution < 1.29 is 17.9 Å². The van der Waals surface area contributed by atoms with Gasteiger partial charge in [-0.2, -0.15) is 4.31 Å². The molecule has 2 aromatic carbocycles. The number of fused-ring (bicyclic) bond motifs is 2. The molecule has 1 unspecified atom stereocenters. The number of ether oxygens (including phenoxy) is 2. The number of para-hydroxylation sites is 2. The molecule has 5 nitrogen and oxygen atoms in total. The normalized spacial score (nSPS) is 16.6. The molecule has 1 aromatic heterocycles. The van der Waals surface area contributed by atoms with Crippen molar-refractivity contribution in [2.24, 2.45) is 0 Å². The summed E-state index contributed by atoms with van der Waals surface area (Å²) in [5, 5.41) is 1.04. The molecule has 8 heteroatoms. The fourth-order valence-electron chi connectivity index (χ4n) is 3.21. The zero-order valence-electron chi connectivity index (χ0n) is 15.3. The first-order valence-electron chi connectivity index (χ1n) is 9.06. The predicted molar refractivity (Wildman–Crippen MR) is 112 cm³/mol. The maximum atomic E-state index is 13.4. The van der Waals surface area contributed by atoms with Crippen molar-refractivity contribution >= 4 is 43.0 Å². The van der Waals surface area contributed by atoms with Crippen LogP contribution in [0.25, 0.3) is 10.1 Å². The summed E-state index contributed by atoms with van der Waals surface area (Å²) in [7, 11) is -3.75. The highest BCUT2D eigenvalue weighted by atomic mass is 35.5. The number of halogens is 1. The van der Waals surface area contributed by atoms with Crippen LogP contribution in [0.4, 0.5) is 0 Å². The number of nitrogens with zero attached hydrogens (tertiary/aromatic N) is 1. The maximum Gasteiger partial charge on any atom is 0.254 e. The second kappa shape index (κ2) is 7.91. The molecule has 0 saturated carbocycles. The van der Waals surface area contributed by atoms with Crippen molar-refractivity contribution in [2.75, 3.05) is 19.7 Å². The Hall–Kier alpha value is -1.80. The minimum atomic E-state index is -3.75. The van der Waals surface area contributed by atoms with Crippen LogP contribution in [0.15, 0.2) is 52.7 Å². The van der Waals surface area contributed by atoms with Gasteiger partial charge < -0.3 is 9.47 Å². The quantitative estimate of drug-likeness (QED) is 0.556. The van der Waals surface area contributed by atoms with E-state index in [1.807, 2.05) is 55.5 Å². The van der Waals surface area contributed by atoms with Gasteiger partial charge in [0.25, 0.3) is 10.0 Å². The Morgan fingerprint density at radius 3 is 2.61 bits per heavy atom. The molecule has 0 saturated heterocycles. The van der Waals surface area contributed by atoms with E-state index in [9.17, 15) is 8.42 Å². The van der Waals surface area contributed by atoms with E-state index in [4.69, 9.17) is 21.1 Å². The van der Waals surface area contributed by atoms with Crippen molar-refractivity contribution in [1.29, 1.82) is 0 Å². The molecule has 0 bridgehead atoms. The Labute approximate surface area is 173 Å². The van der Waals surface area contributed by atoms with Crippen LogP contribution in [0.5, 0.6) is 11.5 Å². The molecule has 0 fully saturated rings. The van der Waals surface area contributed by atoms with Gasteiger partial charge in [0.05, 0.1) is 11.6 Å². The Morgan fingerprint density at radius 1 is 1.14 bits per heavy atom. The van der Waals surface area contributed by atoms with Crippen LogP contribution in [0, 0.1) is 0 Å². The van der Waals surface area contributed by atoms with Gasteiger partial charge in [0.1, 0.15) is 12.7 Å². The SMILES string of the molecule is CCCN(CC1COc2ccccc2O1)S(=O)(=O)c1sc2ccccc2c1Cl. The van der Waals surface area contributed by atoms with E-state index in [0.717, 1.165) is 10.1 Å². The number of hydrogen-bond donors (Lipinski definition) is 0. The number of rotatable bonds is 6. The lowest BCUT2D eigenvalue weighted by Crippen LogP contribution is -2.43. The maximum absolute atomic E-state index is 13.4. The van der Waals surface area contributed by atoms with Crippen molar-refractivity contribution in [1.82, 2.24) is 4.31 Å². The number of sulfonamides is 1. The average Bonchev–Trinajstić information content (AvgIpc) is 3.05. The lowest BCUT2D eigenvalue weighted by Gasteiger charge is -2.30. The van der Waals surface area contributed by atoms with Gasteiger partial charge in [-0.05, 0) is 24.6 Å². The van der Waals surface area contributed by atoms with E-state index in [2.05, 4.69) is 0 Å². The molecule has 0 N–H and O–H groups in total. The molecule has 0 amide bonds. The van der Waals surface area contributed by atoms with Gasteiger partial charge in [0.15, 0.2) is 15.7 Å². The molecule has 28 heavy (non-hydrogen) atoms. The zero-order chi connectivity index (χ0) is 19.7. The highest BCUT2D eigenvalue weighted by Crippen LogP contribution is 2.40. The largest absolute Gasteiger partial charge is 0.486 e. The lowest BCUT2D eigenvalue weighted by molar-refractivity contribution is 0.0764. The van der Waals surface area contributed by atoms with Gasteiger partial charge >= 0.3 is 0 Å². The smallest absolute Gasteiger partial charge is 0.254 e. The van der Waals surface area contributed by atoms with E-state index >= 15 is 0 Å². The third-order valence-electron chi connectivity index (χ3n) is 4.53. The van der Waals surface area contributed by atoms with Crippen LogP contribution in [0.3, 0.4) is 0 Å². The van der Waals surface area contributed by atoms with Crippen molar-refractivity contribution in [3.8, 4) is 11.5 Å². The van der Waals surface area contributed by atoms with Gasteiger partial charge in [0.2, 0.25) is 0 Å². The summed E-state index contributed by atoms with van der Waals surface area (Å²) < 4.78 is 41.0. The molecule has 4 rings (SSSR count). The number of hydrogen-bond acceptors (Lipinski definition) is 5. The first-order chi connectivity index (χ1) is 13.5. The molecule has 0 aliphatic carbocycles. The van der Waals surface area contributed by atoms with Crippen LogP contribution in [0.2, 0.25) is 5.02 Å². The summed E-state index contributed by atoms with van der Waals surface area (Å²) >= 11 is 7.65. The summed E-state index contributed by atoms with van der Waals surface area (Å²) in [4.78, 5) is 0. The first-order valence-corrected chi connectivity index (χ1v) is 11.7. The van der Waals surface area contributed by atoms with E-state index in [1.165, 1.54) is 15.6 Å². The van der Waals surface area contributed by atoms with Gasteiger partial charge in [-0.25, -0.2) is 8.42 Å². The Kier molecular flexibility index (Phi) is 5.51. The van der Waals surface area contributed by atoms with Crippen molar-refractivity contribution in [3.63, 3.8) is 0 Å². The van der Waals surface area contributed by atoms with Crippen LogP contribution >= 0.6 is 22.9 Å². The molecule has 3 aromatic rings. The molecular formula is C20H20ClNO4S2. The highest BCUT2D eigenvalue weighted by Gasteiger charge is 2.33. The monoisotopic (exact) mass is 437 g/mol. The van der Waals surface area contributed by atoms with E-state index < -0.39 is 10.0 Å². The van der Waals surface area contributed by atoms with Crippen molar-refractivity contribution in [3.05, 3.63) is 53.6 Å². The fraction of sp³-hybridized carbons (Fsp3) is 0.300. The van der Waals surface area contributed by atoms with Crippen LogP contribution in [-0.2, 0) is 10.0 Å². The second-order valence-corrected chi connectivity index (χ2v) is 10.1. The van der Waals surface area contributed by atoms with Crippen LogP contribution < -0.4 is 9.47 Å². The minimum absolute atomic E-state index is 0.181. The third kappa shape index (κ3) is 3.59. The number of benzene rings is 2. The second-order valence-electron chi connectivity index (χ2n) is 6.56. The Balaban J connectivity index is 1.62. The minimum Gasteiger partial charge on any atom is -0.486 e. The van der Waals surface area contributed by atoms with Gasteiger partial charge in [-0.1, -0.05) is 48.9 Å². The van der Waals surface area contributed by atoms with E-state index in [1.54, 1.807) is 0 Å². The van der Waals surface area contributed by atoms with Gasteiger partial charge in [0, 0.05) is 16.6 Å². The molecule has 1 atom stereocenters.